The van der Waals surface area contributed by atoms with Gasteiger partial charge in [-0.15, -0.1) is 0 Å². The van der Waals surface area contributed by atoms with E-state index in [-0.39, 0.29) is 6.54 Å². The van der Waals surface area contributed by atoms with E-state index in [0.717, 1.165) is 0 Å². The minimum atomic E-state index is -0.432. The number of benzene rings is 2. The van der Waals surface area contributed by atoms with Crippen LogP contribution in [0.25, 0.3) is 0 Å². The summed E-state index contributed by atoms with van der Waals surface area (Å²) in [7, 11) is 0. The van der Waals surface area contributed by atoms with Crippen LogP contribution in [-0.4, -0.2) is 30.9 Å². The van der Waals surface area contributed by atoms with Crippen molar-refractivity contribution < 1.29 is 19.1 Å². The number of esters is 1. The number of rotatable bonds is 6. The van der Waals surface area contributed by atoms with E-state index in [2.05, 4.69) is 10.6 Å². The van der Waals surface area contributed by atoms with Gasteiger partial charge in [-0.1, -0.05) is 23.7 Å². The predicted octanol–water partition coefficient (Wildman–Crippen LogP) is 2.89. The number of anilines is 1. The summed E-state index contributed by atoms with van der Waals surface area (Å²) in [6, 6.07) is 12.8. The molecule has 7 heteroatoms. The third-order valence-electron chi connectivity index (χ3n) is 3.21. The molecule has 0 fully saturated rings. The number of amides is 2. The van der Waals surface area contributed by atoms with E-state index < -0.39 is 17.8 Å². The highest BCUT2D eigenvalue weighted by Gasteiger charge is 2.11. The lowest BCUT2D eigenvalue weighted by molar-refractivity contribution is -0.115. The van der Waals surface area contributed by atoms with Crippen molar-refractivity contribution in [2.24, 2.45) is 0 Å². The van der Waals surface area contributed by atoms with E-state index in [1.807, 2.05) is 0 Å². The molecule has 0 saturated heterocycles. The van der Waals surface area contributed by atoms with Gasteiger partial charge in [-0.05, 0) is 43.3 Å². The van der Waals surface area contributed by atoms with Gasteiger partial charge in [0.2, 0.25) is 5.91 Å². The highest BCUT2D eigenvalue weighted by atomic mass is 35.5. The number of carbonyl (C=O) groups is 3. The van der Waals surface area contributed by atoms with E-state index in [1.165, 1.54) is 0 Å². The van der Waals surface area contributed by atoms with Gasteiger partial charge in [0.15, 0.2) is 0 Å². The van der Waals surface area contributed by atoms with E-state index in [9.17, 15) is 14.4 Å². The first-order valence-electron chi connectivity index (χ1n) is 7.61. The van der Waals surface area contributed by atoms with Gasteiger partial charge in [0.25, 0.3) is 5.91 Å². The lowest BCUT2D eigenvalue weighted by Gasteiger charge is -2.08. The van der Waals surface area contributed by atoms with Crippen molar-refractivity contribution in [3.8, 4) is 0 Å². The maximum Gasteiger partial charge on any atom is 0.338 e. The summed E-state index contributed by atoms with van der Waals surface area (Å²) in [5.74, 6) is -1.25. The summed E-state index contributed by atoms with van der Waals surface area (Å²) in [6.07, 6.45) is 0. The number of hydrogen-bond donors (Lipinski definition) is 2. The summed E-state index contributed by atoms with van der Waals surface area (Å²) >= 11 is 5.93. The van der Waals surface area contributed by atoms with Gasteiger partial charge in [0.1, 0.15) is 0 Å². The third-order valence-corrected chi connectivity index (χ3v) is 3.54. The Balaban J connectivity index is 1.87. The van der Waals surface area contributed by atoms with E-state index in [1.54, 1.807) is 55.5 Å². The van der Waals surface area contributed by atoms with Gasteiger partial charge in [-0.3, -0.25) is 9.59 Å². The van der Waals surface area contributed by atoms with Gasteiger partial charge in [-0.2, -0.15) is 0 Å². The standard InChI is InChI=1S/C18H17ClN2O4/c1-2-25-18(24)12-7-9-13(10-8-12)21-16(22)11-20-17(23)14-5-3-4-6-15(14)19/h3-10H,2,11H2,1H3,(H,20,23)(H,21,22). The molecule has 2 amide bonds. The van der Waals surface area contributed by atoms with E-state index in [4.69, 9.17) is 16.3 Å². The van der Waals surface area contributed by atoms with Crippen LogP contribution in [0, 0.1) is 0 Å². The monoisotopic (exact) mass is 360 g/mol. The molecule has 2 aromatic rings. The van der Waals surface area contributed by atoms with Crippen LogP contribution in [0.5, 0.6) is 0 Å². The summed E-state index contributed by atoms with van der Waals surface area (Å²) < 4.78 is 4.88. The summed E-state index contributed by atoms with van der Waals surface area (Å²) in [6.45, 7) is 1.82. The molecule has 0 radical (unpaired) electrons. The highest BCUT2D eigenvalue weighted by molar-refractivity contribution is 6.33. The van der Waals surface area contributed by atoms with Crippen LogP contribution >= 0.6 is 11.6 Å². The number of carbonyl (C=O) groups excluding carboxylic acids is 3. The minimum absolute atomic E-state index is 0.205. The summed E-state index contributed by atoms with van der Waals surface area (Å²) in [5.41, 5.74) is 1.20. The lowest BCUT2D eigenvalue weighted by atomic mass is 10.2. The maximum atomic E-state index is 12.0. The van der Waals surface area contributed by atoms with Crippen molar-refractivity contribution >= 4 is 35.1 Å². The van der Waals surface area contributed by atoms with Crippen molar-refractivity contribution in [2.45, 2.75) is 6.92 Å². The maximum absolute atomic E-state index is 12.0. The van der Waals surface area contributed by atoms with Crippen LogP contribution in [0.4, 0.5) is 5.69 Å². The number of ether oxygens (including phenoxy) is 1. The molecule has 2 aromatic carbocycles. The summed E-state index contributed by atoms with van der Waals surface area (Å²) in [5, 5.41) is 5.43. The molecule has 130 valence electrons. The molecule has 0 aliphatic rings. The first kappa shape index (κ1) is 18.5. The van der Waals surface area contributed by atoms with Gasteiger partial charge in [0, 0.05) is 5.69 Å². The van der Waals surface area contributed by atoms with Crippen LogP contribution in [0.2, 0.25) is 5.02 Å². The number of halogens is 1. The smallest absolute Gasteiger partial charge is 0.338 e. The molecule has 0 aliphatic carbocycles. The second kappa shape index (κ2) is 8.84. The second-order valence-corrected chi connectivity index (χ2v) is 5.42. The number of hydrogen-bond acceptors (Lipinski definition) is 4. The Hall–Kier alpha value is -2.86. The number of nitrogens with one attached hydrogen (secondary N) is 2. The summed E-state index contributed by atoms with van der Waals surface area (Å²) in [4.78, 5) is 35.4. The first-order valence-corrected chi connectivity index (χ1v) is 7.99. The fourth-order valence-corrected chi connectivity index (χ4v) is 2.23. The molecule has 2 rings (SSSR count). The van der Waals surface area contributed by atoms with Crippen LogP contribution in [0.1, 0.15) is 27.6 Å². The van der Waals surface area contributed by atoms with Gasteiger partial charge in [-0.25, -0.2) is 4.79 Å². The molecular weight excluding hydrogens is 344 g/mol. The molecule has 0 spiro atoms. The van der Waals surface area contributed by atoms with Crippen LogP contribution in [0.3, 0.4) is 0 Å². The third kappa shape index (κ3) is 5.32. The zero-order valence-corrected chi connectivity index (χ0v) is 14.3. The fraction of sp³-hybridized carbons (Fsp3) is 0.167. The lowest BCUT2D eigenvalue weighted by Crippen LogP contribution is -2.33. The molecule has 6 nitrogen and oxygen atoms in total. The normalized spacial score (nSPS) is 10.0. The SMILES string of the molecule is CCOC(=O)c1ccc(NC(=O)CNC(=O)c2ccccc2Cl)cc1. The zero-order chi connectivity index (χ0) is 18.2. The predicted molar refractivity (Wildman–Crippen MR) is 94.8 cm³/mol. The minimum Gasteiger partial charge on any atom is -0.462 e. The quantitative estimate of drug-likeness (QED) is 0.776. The van der Waals surface area contributed by atoms with Crippen molar-refractivity contribution in [3.05, 3.63) is 64.7 Å². The van der Waals surface area contributed by atoms with Crippen LogP contribution < -0.4 is 10.6 Å². The average molecular weight is 361 g/mol. The molecule has 0 saturated carbocycles. The molecule has 0 aliphatic heterocycles. The molecule has 0 aromatic heterocycles. The zero-order valence-electron chi connectivity index (χ0n) is 13.5. The van der Waals surface area contributed by atoms with Gasteiger partial charge in [0.05, 0.1) is 29.3 Å². The van der Waals surface area contributed by atoms with Crippen molar-refractivity contribution in [3.63, 3.8) is 0 Å². The Bertz CT molecular complexity index is 775. The topological polar surface area (TPSA) is 84.5 Å². The Morgan fingerprint density at radius 1 is 1.04 bits per heavy atom. The largest absolute Gasteiger partial charge is 0.462 e. The molecule has 0 heterocycles. The van der Waals surface area contributed by atoms with Crippen LogP contribution in [0.15, 0.2) is 48.5 Å². The highest BCUT2D eigenvalue weighted by Crippen LogP contribution is 2.14. The molecule has 0 bridgehead atoms. The second-order valence-electron chi connectivity index (χ2n) is 5.01. The molecular formula is C18H17ClN2O4. The van der Waals surface area contributed by atoms with E-state index in [0.29, 0.717) is 28.4 Å². The fourth-order valence-electron chi connectivity index (χ4n) is 2.01. The van der Waals surface area contributed by atoms with Crippen LogP contribution in [-0.2, 0) is 9.53 Å². The Morgan fingerprint density at radius 2 is 1.72 bits per heavy atom. The Labute approximate surface area is 150 Å². The van der Waals surface area contributed by atoms with Gasteiger partial charge < -0.3 is 15.4 Å². The van der Waals surface area contributed by atoms with Crippen molar-refractivity contribution in [1.82, 2.24) is 5.32 Å². The molecule has 0 unspecified atom stereocenters. The molecule has 25 heavy (non-hydrogen) atoms. The Morgan fingerprint density at radius 3 is 2.36 bits per heavy atom. The van der Waals surface area contributed by atoms with E-state index >= 15 is 0 Å². The molecule has 0 atom stereocenters. The van der Waals surface area contributed by atoms with Crippen molar-refractivity contribution in [1.29, 1.82) is 0 Å². The van der Waals surface area contributed by atoms with Crippen molar-refractivity contribution in [2.75, 3.05) is 18.5 Å². The van der Waals surface area contributed by atoms with Gasteiger partial charge >= 0.3 is 5.97 Å². The Kier molecular flexibility index (Phi) is 6.54. The molecule has 2 N–H and O–H groups in total. The first-order chi connectivity index (χ1) is 12.0. The average Bonchev–Trinajstić information content (AvgIpc) is 2.61.